The van der Waals surface area contributed by atoms with Crippen LogP contribution >= 0.6 is 11.3 Å². The average molecular weight is 295 g/mol. The monoisotopic (exact) mass is 295 g/mol. The Balaban J connectivity index is 2.15. The van der Waals surface area contributed by atoms with Crippen molar-refractivity contribution in [2.45, 2.75) is 51.5 Å². The van der Waals surface area contributed by atoms with E-state index < -0.39 is 11.5 Å². The Bertz CT molecular complexity index is 511. The summed E-state index contributed by atoms with van der Waals surface area (Å²) in [5, 5.41) is 12.3. The molecule has 20 heavy (non-hydrogen) atoms. The van der Waals surface area contributed by atoms with Crippen molar-refractivity contribution in [1.29, 1.82) is 0 Å². The van der Waals surface area contributed by atoms with Gasteiger partial charge in [-0.3, -0.25) is 4.79 Å². The van der Waals surface area contributed by atoms with Crippen molar-refractivity contribution in [2.75, 3.05) is 0 Å². The van der Waals surface area contributed by atoms with E-state index in [4.69, 9.17) is 0 Å². The van der Waals surface area contributed by atoms with Crippen LogP contribution < -0.4 is 5.32 Å². The molecule has 1 aliphatic rings. The number of hydrogen-bond acceptors (Lipinski definition) is 3. The minimum atomic E-state index is -1.09. The third-order valence-electron chi connectivity index (χ3n) is 3.99. The van der Waals surface area contributed by atoms with Gasteiger partial charge >= 0.3 is 5.97 Å². The van der Waals surface area contributed by atoms with Gasteiger partial charge in [0.25, 0.3) is 5.91 Å². The van der Waals surface area contributed by atoms with E-state index in [-0.39, 0.29) is 5.91 Å². The molecule has 2 N–H and O–H groups in total. The first kappa shape index (κ1) is 15.0. The zero-order valence-electron chi connectivity index (χ0n) is 11.9. The maximum absolute atomic E-state index is 12.3. The van der Waals surface area contributed by atoms with E-state index >= 15 is 0 Å². The number of carbonyl (C=O) groups excluding carboxylic acids is 1. The Morgan fingerprint density at radius 1 is 1.50 bits per heavy atom. The molecule has 1 aromatic heterocycles. The molecule has 0 bridgehead atoms. The van der Waals surface area contributed by atoms with Crippen LogP contribution in [0.25, 0.3) is 0 Å². The van der Waals surface area contributed by atoms with Crippen molar-refractivity contribution >= 4 is 23.2 Å². The van der Waals surface area contributed by atoms with Gasteiger partial charge in [-0.2, -0.15) is 0 Å². The van der Waals surface area contributed by atoms with E-state index in [0.29, 0.717) is 23.6 Å². The molecule has 0 radical (unpaired) electrons. The molecule has 1 aromatic rings. The number of carboxylic acids is 1. The summed E-state index contributed by atoms with van der Waals surface area (Å²) in [5.41, 5.74) is -1.09. The van der Waals surface area contributed by atoms with Crippen molar-refractivity contribution < 1.29 is 14.7 Å². The number of aryl methyl sites for hydroxylation is 1. The fourth-order valence-electron chi connectivity index (χ4n) is 2.88. The van der Waals surface area contributed by atoms with Crippen molar-refractivity contribution in [1.82, 2.24) is 5.32 Å². The summed E-state index contributed by atoms with van der Waals surface area (Å²) in [6.07, 6.45) is 3.80. The van der Waals surface area contributed by atoms with Crippen molar-refractivity contribution in [3.8, 4) is 0 Å². The zero-order valence-corrected chi connectivity index (χ0v) is 12.8. The quantitative estimate of drug-likeness (QED) is 0.897. The molecule has 5 heteroatoms. The highest BCUT2D eigenvalue weighted by molar-refractivity contribution is 7.14. The molecule has 0 spiro atoms. The van der Waals surface area contributed by atoms with Crippen LogP contribution in [0, 0.1) is 5.92 Å². The fourth-order valence-corrected chi connectivity index (χ4v) is 3.72. The van der Waals surface area contributed by atoms with Crippen LogP contribution in [0.4, 0.5) is 0 Å². The first-order valence-corrected chi connectivity index (χ1v) is 7.93. The summed E-state index contributed by atoms with van der Waals surface area (Å²) in [6.45, 7) is 4.08. The molecule has 2 rings (SSSR count). The maximum atomic E-state index is 12.3. The molecule has 4 nitrogen and oxygen atoms in total. The van der Waals surface area contributed by atoms with E-state index in [1.165, 1.54) is 11.3 Å². The predicted octanol–water partition coefficient (Wildman–Crippen LogP) is 3.07. The molecule has 1 amide bonds. The molecule has 0 aromatic carbocycles. The van der Waals surface area contributed by atoms with Gasteiger partial charge in [-0.15, -0.1) is 11.3 Å². The first-order valence-electron chi connectivity index (χ1n) is 7.11. The molecular weight excluding hydrogens is 274 g/mol. The molecule has 2 atom stereocenters. The fraction of sp³-hybridized carbons (Fsp3) is 0.600. The van der Waals surface area contributed by atoms with E-state index in [2.05, 4.69) is 5.32 Å². The average Bonchev–Trinajstić information content (AvgIpc) is 2.87. The molecule has 110 valence electrons. The van der Waals surface area contributed by atoms with Gasteiger partial charge < -0.3 is 10.4 Å². The summed E-state index contributed by atoms with van der Waals surface area (Å²) >= 11 is 1.44. The summed E-state index contributed by atoms with van der Waals surface area (Å²) in [7, 11) is 0. The molecule has 1 aliphatic carbocycles. The SMILES string of the molecule is CCc1ccc(C(=O)NC2(C(=O)O)CCCC(C)C2)s1. The van der Waals surface area contributed by atoms with E-state index in [9.17, 15) is 14.7 Å². The number of rotatable bonds is 4. The van der Waals surface area contributed by atoms with E-state index in [1.807, 2.05) is 19.9 Å². The van der Waals surface area contributed by atoms with Gasteiger partial charge in [-0.1, -0.05) is 26.7 Å². The minimum Gasteiger partial charge on any atom is -0.480 e. The van der Waals surface area contributed by atoms with E-state index in [1.54, 1.807) is 6.07 Å². The van der Waals surface area contributed by atoms with Gasteiger partial charge in [0.15, 0.2) is 0 Å². The van der Waals surface area contributed by atoms with Crippen LogP contribution in [0.1, 0.15) is 54.1 Å². The van der Waals surface area contributed by atoms with Gasteiger partial charge in [-0.25, -0.2) is 4.79 Å². The molecule has 1 heterocycles. The lowest BCUT2D eigenvalue weighted by molar-refractivity contribution is -0.146. The Labute approximate surface area is 123 Å². The van der Waals surface area contributed by atoms with Gasteiger partial charge in [0.2, 0.25) is 0 Å². The smallest absolute Gasteiger partial charge is 0.329 e. The standard InChI is InChI=1S/C15H21NO3S/c1-3-11-6-7-12(20-11)13(17)16-15(14(18)19)8-4-5-10(2)9-15/h6-7,10H,3-5,8-9H2,1-2H3,(H,16,17)(H,18,19). The number of nitrogens with one attached hydrogen (secondary N) is 1. The van der Waals surface area contributed by atoms with Crippen LogP contribution in [0.3, 0.4) is 0 Å². The number of amides is 1. The second kappa shape index (κ2) is 5.95. The lowest BCUT2D eigenvalue weighted by Crippen LogP contribution is -2.56. The number of carbonyl (C=O) groups is 2. The lowest BCUT2D eigenvalue weighted by Gasteiger charge is -2.36. The molecule has 1 saturated carbocycles. The van der Waals surface area contributed by atoms with Crippen molar-refractivity contribution in [2.24, 2.45) is 5.92 Å². The Morgan fingerprint density at radius 3 is 2.80 bits per heavy atom. The lowest BCUT2D eigenvalue weighted by atomic mass is 9.76. The normalized spacial score (nSPS) is 26.2. The number of carboxylic acid groups (broad SMARTS) is 1. The maximum Gasteiger partial charge on any atom is 0.329 e. The Morgan fingerprint density at radius 2 is 2.25 bits per heavy atom. The second-order valence-corrected chi connectivity index (χ2v) is 6.83. The minimum absolute atomic E-state index is 0.258. The highest BCUT2D eigenvalue weighted by atomic mass is 32.1. The third kappa shape index (κ3) is 3.03. The van der Waals surface area contributed by atoms with Gasteiger partial charge in [0.05, 0.1) is 4.88 Å². The highest BCUT2D eigenvalue weighted by Crippen LogP contribution is 2.33. The van der Waals surface area contributed by atoms with E-state index in [0.717, 1.165) is 24.1 Å². The van der Waals surface area contributed by atoms with Crippen molar-refractivity contribution in [3.05, 3.63) is 21.9 Å². The zero-order chi connectivity index (χ0) is 14.8. The second-order valence-electron chi connectivity index (χ2n) is 5.66. The van der Waals surface area contributed by atoms with Crippen LogP contribution in [0.2, 0.25) is 0 Å². The summed E-state index contributed by atoms with van der Waals surface area (Å²) in [4.78, 5) is 25.7. The predicted molar refractivity (Wildman–Crippen MR) is 79.2 cm³/mol. The summed E-state index contributed by atoms with van der Waals surface area (Å²) < 4.78 is 0. The largest absolute Gasteiger partial charge is 0.480 e. The molecule has 0 aliphatic heterocycles. The third-order valence-corrected chi connectivity index (χ3v) is 5.22. The molecule has 1 fully saturated rings. The number of hydrogen-bond donors (Lipinski definition) is 2. The Hall–Kier alpha value is -1.36. The highest BCUT2D eigenvalue weighted by Gasteiger charge is 2.43. The topological polar surface area (TPSA) is 66.4 Å². The molecule has 0 saturated heterocycles. The first-order chi connectivity index (χ1) is 9.47. The van der Waals surface area contributed by atoms with Crippen LogP contribution in [-0.2, 0) is 11.2 Å². The number of thiophene rings is 1. The Kier molecular flexibility index (Phi) is 4.48. The van der Waals surface area contributed by atoms with Gasteiger partial charge in [0.1, 0.15) is 5.54 Å². The van der Waals surface area contributed by atoms with Crippen LogP contribution in [0.15, 0.2) is 12.1 Å². The number of aliphatic carboxylic acids is 1. The molecular formula is C15H21NO3S. The molecule has 2 unspecified atom stereocenters. The van der Waals surface area contributed by atoms with Gasteiger partial charge in [-0.05, 0) is 37.3 Å². The van der Waals surface area contributed by atoms with Crippen LogP contribution in [0.5, 0.6) is 0 Å². The summed E-state index contributed by atoms with van der Waals surface area (Å²) in [5.74, 6) is -0.842. The van der Waals surface area contributed by atoms with Crippen LogP contribution in [-0.4, -0.2) is 22.5 Å². The van der Waals surface area contributed by atoms with Crippen molar-refractivity contribution in [3.63, 3.8) is 0 Å². The van der Waals surface area contributed by atoms with Gasteiger partial charge in [0, 0.05) is 4.88 Å². The summed E-state index contributed by atoms with van der Waals surface area (Å²) in [6, 6.07) is 3.71.